The Balaban J connectivity index is 1.07. The molecule has 2 aliphatic rings. The Morgan fingerprint density at radius 2 is 1.86 bits per heavy atom. The molecule has 1 unspecified atom stereocenters. The third kappa shape index (κ3) is 5.48. The van der Waals surface area contributed by atoms with Gasteiger partial charge in [0.25, 0.3) is 0 Å². The van der Waals surface area contributed by atoms with Gasteiger partial charge in [-0.15, -0.1) is 0 Å². The number of H-pyrrole nitrogens is 1. The Hall–Kier alpha value is -4.99. The number of para-hydroxylation sites is 1. The van der Waals surface area contributed by atoms with Crippen LogP contribution in [0, 0.1) is 6.92 Å². The van der Waals surface area contributed by atoms with Crippen LogP contribution in [0.1, 0.15) is 47.8 Å². The first-order valence-electron chi connectivity index (χ1n) is 14.8. The van der Waals surface area contributed by atoms with E-state index >= 15 is 0 Å². The van der Waals surface area contributed by atoms with Crippen molar-refractivity contribution in [1.82, 2.24) is 30.1 Å². The van der Waals surface area contributed by atoms with Crippen LogP contribution >= 0.6 is 0 Å². The monoisotopic (exact) mass is 575 g/mol. The van der Waals surface area contributed by atoms with Gasteiger partial charge < -0.3 is 19.6 Å². The first-order valence-corrected chi connectivity index (χ1v) is 14.8. The molecule has 1 atom stereocenters. The van der Waals surface area contributed by atoms with Crippen LogP contribution in [0.5, 0.6) is 0 Å². The first kappa shape index (κ1) is 26.9. The molecule has 3 aromatic carbocycles. The zero-order valence-electron chi connectivity index (χ0n) is 24.0. The molecule has 0 aliphatic carbocycles. The number of nitrogens with one attached hydrogen (secondary N) is 2. The van der Waals surface area contributed by atoms with Crippen molar-refractivity contribution in [1.29, 1.82) is 0 Å². The summed E-state index contributed by atoms with van der Waals surface area (Å²) in [6.45, 7) is 3.83. The van der Waals surface area contributed by atoms with Crippen molar-refractivity contribution in [2.24, 2.45) is 0 Å². The number of aryl methyl sites for hydroxylation is 1. The minimum Gasteiger partial charge on any atom is -0.343 e. The summed E-state index contributed by atoms with van der Waals surface area (Å²) in [7, 11) is 0. The molecule has 5 aromatic rings. The number of piperidine rings is 1. The van der Waals surface area contributed by atoms with Gasteiger partial charge in [-0.25, -0.2) is 4.79 Å². The molecule has 0 spiro atoms. The minimum absolute atomic E-state index is 0.0532. The first-order chi connectivity index (χ1) is 21.0. The fraction of sp³-hybridized carbons (Fsp3) is 0.303. The van der Waals surface area contributed by atoms with Crippen molar-refractivity contribution in [3.8, 4) is 11.4 Å². The maximum absolute atomic E-state index is 13.7. The summed E-state index contributed by atoms with van der Waals surface area (Å²) in [4.78, 5) is 35.1. The van der Waals surface area contributed by atoms with E-state index in [1.807, 2.05) is 70.6 Å². The standard InChI is InChI=1S/C33H33N7O3/c1-21-15-22(17-26-19-34-37-30(21)26)16-25(32-36-31(38-43-32)23-7-3-2-4-8-23)18-29(41)39-13-11-27(12-14-39)40-20-24-9-5-6-10-28(24)35-33(40)42/h2-10,15,17,19,25,27H,11-14,16,18,20H2,1H3,(H,34,37)(H,35,42). The van der Waals surface area contributed by atoms with Gasteiger partial charge in [0, 0.05) is 48.7 Å². The number of fused-ring (bicyclic) bond motifs is 2. The Labute approximate surface area is 249 Å². The minimum atomic E-state index is -0.289. The molecule has 2 aromatic heterocycles. The number of nitrogens with zero attached hydrogens (tertiary/aromatic N) is 5. The molecule has 10 nitrogen and oxygen atoms in total. The van der Waals surface area contributed by atoms with Gasteiger partial charge in [0.2, 0.25) is 17.6 Å². The van der Waals surface area contributed by atoms with Crippen molar-refractivity contribution in [2.75, 3.05) is 18.4 Å². The quantitative estimate of drug-likeness (QED) is 0.258. The average molecular weight is 576 g/mol. The van der Waals surface area contributed by atoms with Crippen LogP contribution in [0.15, 0.2) is 77.4 Å². The smallest absolute Gasteiger partial charge is 0.322 e. The number of carbonyl (C=O) groups is 2. The van der Waals surface area contributed by atoms with Gasteiger partial charge in [0.05, 0.1) is 17.6 Å². The number of likely N-dealkylation sites (tertiary alicyclic amines) is 1. The largest absolute Gasteiger partial charge is 0.343 e. The lowest BCUT2D eigenvalue weighted by Crippen LogP contribution is -2.51. The molecule has 2 aliphatic heterocycles. The van der Waals surface area contributed by atoms with Crippen LogP contribution in [-0.2, 0) is 17.8 Å². The number of urea groups is 1. The van der Waals surface area contributed by atoms with Crippen molar-refractivity contribution in [3.63, 3.8) is 0 Å². The molecule has 218 valence electrons. The van der Waals surface area contributed by atoms with E-state index in [1.54, 1.807) is 0 Å². The van der Waals surface area contributed by atoms with Crippen LogP contribution < -0.4 is 5.32 Å². The second-order valence-electron chi connectivity index (χ2n) is 11.5. The van der Waals surface area contributed by atoms with Gasteiger partial charge in [-0.05, 0) is 55.0 Å². The Morgan fingerprint density at radius 3 is 2.70 bits per heavy atom. The van der Waals surface area contributed by atoms with E-state index in [0.717, 1.165) is 51.7 Å². The van der Waals surface area contributed by atoms with Crippen molar-refractivity contribution < 1.29 is 14.1 Å². The lowest BCUT2D eigenvalue weighted by molar-refractivity contribution is -0.133. The predicted octanol–water partition coefficient (Wildman–Crippen LogP) is 5.68. The lowest BCUT2D eigenvalue weighted by atomic mass is 9.93. The Kier molecular flexibility index (Phi) is 7.10. The number of hydrogen-bond acceptors (Lipinski definition) is 6. The normalized spacial score (nSPS) is 16.3. The van der Waals surface area contributed by atoms with E-state index in [-0.39, 0.29) is 30.3 Å². The van der Waals surface area contributed by atoms with Crippen molar-refractivity contribution in [2.45, 2.75) is 51.1 Å². The highest BCUT2D eigenvalue weighted by molar-refractivity contribution is 5.92. The zero-order valence-corrected chi connectivity index (χ0v) is 24.0. The summed E-state index contributed by atoms with van der Waals surface area (Å²) in [5.41, 5.74) is 6.04. The van der Waals surface area contributed by atoms with Crippen LogP contribution in [-0.4, -0.2) is 61.2 Å². The van der Waals surface area contributed by atoms with E-state index in [2.05, 4.69) is 39.7 Å². The molecule has 7 rings (SSSR count). The van der Waals surface area contributed by atoms with Gasteiger partial charge in [-0.2, -0.15) is 10.1 Å². The topological polar surface area (TPSA) is 120 Å². The molecule has 2 N–H and O–H groups in total. The van der Waals surface area contributed by atoms with E-state index in [9.17, 15) is 9.59 Å². The molecule has 0 radical (unpaired) electrons. The number of benzene rings is 3. The zero-order chi connectivity index (χ0) is 29.3. The average Bonchev–Trinajstić information content (AvgIpc) is 3.72. The number of aromatic nitrogens is 4. The van der Waals surface area contributed by atoms with Crippen LogP contribution in [0.3, 0.4) is 0 Å². The Bertz CT molecular complexity index is 1770. The maximum Gasteiger partial charge on any atom is 0.322 e. The summed E-state index contributed by atoms with van der Waals surface area (Å²) >= 11 is 0. The van der Waals surface area contributed by atoms with Crippen LogP contribution in [0.2, 0.25) is 0 Å². The van der Waals surface area contributed by atoms with E-state index in [1.165, 1.54) is 0 Å². The van der Waals surface area contributed by atoms with Gasteiger partial charge in [-0.3, -0.25) is 9.89 Å². The van der Waals surface area contributed by atoms with Gasteiger partial charge in [0.15, 0.2) is 0 Å². The van der Waals surface area contributed by atoms with Gasteiger partial charge >= 0.3 is 6.03 Å². The number of hydrogen-bond donors (Lipinski definition) is 2. The molecule has 3 amide bonds. The number of anilines is 1. The Morgan fingerprint density at radius 1 is 1.07 bits per heavy atom. The third-order valence-corrected chi connectivity index (χ3v) is 8.65. The predicted molar refractivity (Wildman–Crippen MR) is 162 cm³/mol. The van der Waals surface area contributed by atoms with Crippen LogP contribution in [0.25, 0.3) is 22.3 Å². The molecule has 0 saturated carbocycles. The van der Waals surface area contributed by atoms with E-state index in [0.29, 0.717) is 37.8 Å². The molecule has 0 bridgehead atoms. The highest BCUT2D eigenvalue weighted by atomic mass is 16.5. The van der Waals surface area contributed by atoms with Crippen molar-refractivity contribution in [3.05, 3.63) is 95.5 Å². The summed E-state index contributed by atoms with van der Waals surface area (Å²) in [5.74, 6) is 0.730. The molecule has 1 fully saturated rings. The lowest BCUT2D eigenvalue weighted by Gasteiger charge is -2.40. The second-order valence-corrected chi connectivity index (χ2v) is 11.5. The molecule has 43 heavy (non-hydrogen) atoms. The third-order valence-electron chi connectivity index (χ3n) is 8.65. The molecule has 10 heteroatoms. The summed E-state index contributed by atoms with van der Waals surface area (Å²) in [5, 5.41) is 15.5. The molecule has 1 saturated heterocycles. The summed E-state index contributed by atoms with van der Waals surface area (Å²) < 4.78 is 5.78. The molecular formula is C33H33N7O3. The SMILES string of the molecule is Cc1cc(CC(CC(=O)N2CCC(N3Cc4ccccc4NC3=O)CC2)c2nc(-c3ccccc3)no2)cc2cn[nH]c12. The highest BCUT2D eigenvalue weighted by Gasteiger charge is 2.34. The second kappa shape index (κ2) is 11.4. The van der Waals surface area contributed by atoms with Gasteiger partial charge in [-0.1, -0.05) is 59.8 Å². The van der Waals surface area contributed by atoms with Crippen LogP contribution in [0.4, 0.5) is 10.5 Å². The molecule has 4 heterocycles. The summed E-state index contributed by atoms with van der Waals surface area (Å²) in [6.07, 6.45) is 4.12. The fourth-order valence-corrected chi connectivity index (χ4v) is 6.35. The van der Waals surface area contributed by atoms with Gasteiger partial charge in [0.1, 0.15) is 0 Å². The maximum atomic E-state index is 13.7. The number of carbonyl (C=O) groups excluding carboxylic acids is 2. The van der Waals surface area contributed by atoms with E-state index in [4.69, 9.17) is 9.51 Å². The fourth-order valence-electron chi connectivity index (χ4n) is 6.35. The van der Waals surface area contributed by atoms with E-state index < -0.39 is 0 Å². The summed E-state index contributed by atoms with van der Waals surface area (Å²) in [6, 6.07) is 21.8. The molecular weight excluding hydrogens is 542 g/mol. The number of amides is 3. The highest BCUT2D eigenvalue weighted by Crippen LogP contribution is 2.31. The van der Waals surface area contributed by atoms with Crippen molar-refractivity contribution >= 4 is 28.5 Å². The number of aromatic amines is 1. The number of rotatable bonds is 7.